The maximum absolute atomic E-state index is 12.4. The van der Waals surface area contributed by atoms with E-state index in [9.17, 15) is 9.36 Å². The van der Waals surface area contributed by atoms with Gasteiger partial charge in [-0.05, 0) is 40.2 Å². The van der Waals surface area contributed by atoms with E-state index in [-0.39, 0.29) is 6.61 Å². The summed E-state index contributed by atoms with van der Waals surface area (Å²) in [6, 6.07) is 1.64. The van der Waals surface area contributed by atoms with Crippen LogP contribution in [0, 0.1) is 12.3 Å². The second kappa shape index (κ2) is 7.06. The Kier molecular flexibility index (Phi) is 5.85. The molecule has 0 spiro atoms. The number of anilines is 1. The van der Waals surface area contributed by atoms with E-state index in [0.717, 1.165) is 0 Å². The van der Waals surface area contributed by atoms with Crippen LogP contribution in [0.25, 0.3) is 0 Å². The molecule has 0 N–H and O–H groups in total. The highest BCUT2D eigenvalue weighted by Crippen LogP contribution is 2.38. The third-order valence-corrected chi connectivity index (χ3v) is 4.49. The molecule has 6 nitrogen and oxygen atoms in total. The quantitative estimate of drug-likeness (QED) is 0.624. The summed E-state index contributed by atoms with van der Waals surface area (Å²) >= 11 is 0. The number of carbonyl (C=O) groups excluding carboxylic acids is 1. The lowest BCUT2D eigenvalue weighted by Gasteiger charge is -2.34. The van der Waals surface area contributed by atoms with Crippen LogP contribution in [0.5, 0.6) is 5.75 Å². The Morgan fingerprint density at radius 2 is 2.04 bits per heavy atom. The number of carbonyl (C=O) groups is 1. The number of terminal acetylenes is 1. The Bertz CT molecular complexity index is 668. The van der Waals surface area contributed by atoms with Crippen molar-refractivity contribution in [1.82, 2.24) is 4.98 Å². The van der Waals surface area contributed by atoms with E-state index in [1.54, 1.807) is 19.4 Å². The summed E-state index contributed by atoms with van der Waals surface area (Å²) in [7, 11) is -1.03. The second-order valence-corrected chi connectivity index (χ2v) is 9.55. The first-order valence-electron chi connectivity index (χ1n) is 7.02. The highest BCUT2D eigenvalue weighted by Gasteiger charge is 2.33. The molecule has 0 aliphatic carbocycles. The fourth-order valence-corrected chi connectivity index (χ4v) is 2.65. The maximum atomic E-state index is 12.4. The Hall–Kier alpha value is -1.99. The number of ether oxygens (including phenoxy) is 2. The van der Waals surface area contributed by atoms with Crippen LogP contribution in [-0.2, 0) is 9.30 Å². The van der Waals surface area contributed by atoms with E-state index in [4.69, 9.17) is 15.9 Å². The van der Waals surface area contributed by atoms with Crippen molar-refractivity contribution in [3.8, 4) is 18.1 Å². The van der Waals surface area contributed by atoms with Crippen molar-refractivity contribution < 1.29 is 18.8 Å². The fourth-order valence-electron chi connectivity index (χ4n) is 1.89. The number of aromatic nitrogens is 1. The van der Waals surface area contributed by atoms with Gasteiger partial charge in [-0.15, -0.1) is 6.42 Å². The minimum Gasteiger partial charge on any atom is -0.493 e. The summed E-state index contributed by atoms with van der Waals surface area (Å²) in [6.45, 7) is 8.67. The first-order valence-corrected chi connectivity index (χ1v) is 9.62. The van der Waals surface area contributed by atoms with Gasteiger partial charge in [0.05, 0.1) is 7.11 Å². The summed E-state index contributed by atoms with van der Waals surface area (Å²) < 4.78 is 22.6. The number of pyridine rings is 1. The third kappa shape index (κ3) is 4.74. The van der Waals surface area contributed by atoms with Gasteiger partial charge in [-0.25, -0.2) is 9.78 Å². The molecule has 1 aromatic rings. The molecule has 0 saturated carbocycles. The number of methoxy groups -OCH3 is 1. The van der Waals surface area contributed by atoms with E-state index in [0.29, 0.717) is 16.9 Å². The molecule has 0 unspecified atom stereocenters. The predicted octanol–water partition coefficient (Wildman–Crippen LogP) is 2.71. The first kappa shape index (κ1) is 19.1. The van der Waals surface area contributed by atoms with Crippen molar-refractivity contribution in [2.24, 2.45) is 0 Å². The molecule has 0 aliphatic rings. The van der Waals surface area contributed by atoms with Gasteiger partial charge >= 0.3 is 6.09 Å². The summed E-state index contributed by atoms with van der Waals surface area (Å²) in [5.41, 5.74) is -0.615. The molecule has 0 bridgehead atoms. The third-order valence-electron chi connectivity index (χ3n) is 3.00. The Morgan fingerprint density at radius 3 is 2.48 bits per heavy atom. The van der Waals surface area contributed by atoms with Crippen LogP contribution < -0.4 is 14.9 Å². The molecule has 0 saturated heterocycles. The van der Waals surface area contributed by atoms with Gasteiger partial charge in [0.1, 0.15) is 7.14 Å². The number of nitrogens with zero attached hydrogens (tertiary/aromatic N) is 2. The molecule has 1 aromatic heterocycles. The largest absolute Gasteiger partial charge is 0.493 e. The smallest absolute Gasteiger partial charge is 0.417 e. The molecular weight excluding hydrogens is 315 g/mol. The zero-order chi connectivity index (χ0) is 17.8. The normalized spacial score (nSPS) is 11.5. The summed E-state index contributed by atoms with van der Waals surface area (Å²) in [6.07, 6.45) is 6.00. The molecule has 1 rings (SSSR count). The minimum absolute atomic E-state index is 0.134. The van der Waals surface area contributed by atoms with E-state index in [2.05, 4.69) is 10.9 Å². The van der Waals surface area contributed by atoms with Crippen molar-refractivity contribution in [1.29, 1.82) is 0 Å². The van der Waals surface area contributed by atoms with Gasteiger partial charge in [-0.3, -0.25) is 4.90 Å². The van der Waals surface area contributed by atoms with Crippen LogP contribution in [-0.4, -0.2) is 43.7 Å². The molecular formula is C16H23N2O4P. The monoisotopic (exact) mass is 338 g/mol. The molecule has 0 aromatic carbocycles. The van der Waals surface area contributed by atoms with Gasteiger partial charge in [0.15, 0.2) is 18.2 Å². The molecule has 126 valence electrons. The summed E-state index contributed by atoms with van der Waals surface area (Å²) in [4.78, 5) is 18.0. The molecule has 0 aliphatic heterocycles. The highest BCUT2D eigenvalue weighted by atomic mass is 31.2. The Morgan fingerprint density at radius 1 is 1.43 bits per heavy atom. The number of amides is 1. The Balaban J connectivity index is 3.40. The average Bonchev–Trinajstić information content (AvgIpc) is 2.42. The van der Waals surface area contributed by atoms with E-state index in [1.165, 1.54) is 18.2 Å². The summed E-state index contributed by atoms with van der Waals surface area (Å²) in [5.74, 6) is 2.89. The lowest BCUT2D eigenvalue weighted by molar-refractivity contribution is 0.161. The SMILES string of the molecule is C#CCOC(=O)N(c1ncc(P(C)(C)=O)cc1OC)C(C)(C)C. The molecule has 1 amide bonds. The fraction of sp³-hybridized carbons (Fsp3) is 0.500. The van der Waals surface area contributed by atoms with Gasteiger partial charge in [0.25, 0.3) is 0 Å². The van der Waals surface area contributed by atoms with Gasteiger partial charge in [0, 0.05) is 17.0 Å². The van der Waals surface area contributed by atoms with Crippen LogP contribution in [0.2, 0.25) is 0 Å². The van der Waals surface area contributed by atoms with E-state index >= 15 is 0 Å². The van der Waals surface area contributed by atoms with Crippen LogP contribution in [0.15, 0.2) is 12.3 Å². The minimum atomic E-state index is -2.49. The second-order valence-electron chi connectivity index (χ2n) is 6.34. The molecule has 0 fully saturated rings. The lowest BCUT2D eigenvalue weighted by atomic mass is 10.1. The standard InChI is InChI=1S/C16H23N2O4P/c1-8-9-22-15(19)18(16(2,3)4)14-13(21-5)10-12(11-17-14)23(6,7)20/h1,10-11H,9H2,2-7H3. The molecule has 23 heavy (non-hydrogen) atoms. The summed E-state index contributed by atoms with van der Waals surface area (Å²) in [5, 5.41) is 0.573. The molecule has 7 heteroatoms. The highest BCUT2D eigenvalue weighted by molar-refractivity contribution is 7.70. The van der Waals surface area contributed by atoms with Crippen molar-refractivity contribution in [3.63, 3.8) is 0 Å². The average molecular weight is 338 g/mol. The molecule has 0 radical (unpaired) electrons. The predicted molar refractivity (Wildman–Crippen MR) is 92.3 cm³/mol. The van der Waals surface area contributed by atoms with Gasteiger partial charge in [-0.2, -0.15) is 0 Å². The zero-order valence-electron chi connectivity index (χ0n) is 14.4. The van der Waals surface area contributed by atoms with Gasteiger partial charge in [0.2, 0.25) is 0 Å². The zero-order valence-corrected chi connectivity index (χ0v) is 15.3. The number of hydrogen-bond acceptors (Lipinski definition) is 5. The van der Waals surface area contributed by atoms with Crippen molar-refractivity contribution in [2.75, 3.05) is 31.9 Å². The number of rotatable bonds is 4. The van der Waals surface area contributed by atoms with E-state index in [1.807, 2.05) is 20.8 Å². The van der Waals surface area contributed by atoms with Gasteiger partial charge < -0.3 is 14.0 Å². The molecule has 1 heterocycles. The van der Waals surface area contributed by atoms with Crippen LogP contribution in [0.1, 0.15) is 20.8 Å². The van der Waals surface area contributed by atoms with Crippen LogP contribution >= 0.6 is 7.14 Å². The topological polar surface area (TPSA) is 68.7 Å². The Labute approximate surface area is 137 Å². The van der Waals surface area contributed by atoms with Crippen molar-refractivity contribution in [3.05, 3.63) is 12.3 Å². The van der Waals surface area contributed by atoms with E-state index < -0.39 is 18.8 Å². The van der Waals surface area contributed by atoms with Crippen LogP contribution in [0.3, 0.4) is 0 Å². The van der Waals surface area contributed by atoms with Crippen LogP contribution in [0.4, 0.5) is 10.6 Å². The van der Waals surface area contributed by atoms with Crippen molar-refractivity contribution >= 4 is 24.4 Å². The maximum Gasteiger partial charge on any atom is 0.417 e. The number of hydrogen-bond donors (Lipinski definition) is 0. The van der Waals surface area contributed by atoms with Crippen molar-refractivity contribution in [2.45, 2.75) is 26.3 Å². The first-order chi connectivity index (χ1) is 10.5. The lowest BCUT2D eigenvalue weighted by Crippen LogP contribution is -2.47. The molecule has 0 atom stereocenters. The van der Waals surface area contributed by atoms with Gasteiger partial charge in [-0.1, -0.05) is 5.92 Å².